The Balaban J connectivity index is 2.03. The molecule has 2 aromatic heterocycles. The maximum absolute atomic E-state index is 13.8. The van der Waals surface area contributed by atoms with Crippen molar-refractivity contribution in [2.75, 3.05) is 27.3 Å². The van der Waals surface area contributed by atoms with Crippen LogP contribution < -0.4 is 24.4 Å². The number of likely N-dealkylation sites (N-methyl/N-ethyl adjacent to an activating group) is 1. The van der Waals surface area contributed by atoms with Gasteiger partial charge >= 0.3 is 0 Å². The summed E-state index contributed by atoms with van der Waals surface area (Å²) in [5.74, 6) is 0.998. The van der Waals surface area contributed by atoms with Crippen LogP contribution in [0.5, 0.6) is 11.5 Å². The zero-order chi connectivity index (χ0) is 25.1. The van der Waals surface area contributed by atoms with Crippen LogP contribution in [-0.2, 0) is 4.79 Å². The Kier molecular flexibility index (Phi) is 7.16. The fourth-order valence-electron chi connectivity index (χ4n) is 4.23. The first-order valence-electron chi connectivity index (χ1n) is 11.4. The van der Waals surface area contributed by atoms with Crippen molar-refractivity contribution in [3.8, 4) is 11.5 Å². The summed E-state index contributed by atoms with van der Waals surface area (Å²) in [5, 5.41) is 0. The quantitative estimate of drug-likeness (QED) is 0.506. The molecule has 0 unspecified atom stereocenters. The smallest absolute Gasteiger partial charge is 0.271 e. The lowest BCUT2D eigenvalue weighted by Gasteiger charge is -2.30. The summed E-state index contributed by atoms with van der Waals surface area (Å²) in [5.41, 5.74) is 2.32. The fourth-order valence-corrected chi connectivity index (χ4v) is 5.28. The van der Waals surface area contributed by atoms with Crippen molar-refractivity contribution in [1.29, 1.82) is 0 Å². The number of hydrogen-bond acceptors (Lipinski definition) is 7. The van der Waals surface area contributed by atoms with Gasteiger partial charge in [0.1, 0.15) is 17.5 Å². The normalized spacial score (nSPS) is 15.5. The van der Waals surface area contributed by atoms with Gasteiger partial charge in [-0.3, -0.25) is 19.1 Å². The molecule has 0 aliphatic carbocycles. The molecule has 0 radical (unpaired) electrons. The lowest BCUT2D eigenvalue weighted by Crippen LogP contribution is -2.43. The van der Waals surface area contributed by atoms with Gasteiger partial charge in [-0.05, 0) is 62.7 Å². The summed E-state index contributed by atoms with van der Waals surface area (Å²) >= 11 is 1.29. The average molecular weight is 493 g/mol. The molecule has 35 heavy (non-hydrogen) atoms. The predicted molar refractivity (Wildman–Crippen MR) is 135 cm³/mol. The number of methoxy groups -OCH3 is 2. The van der Waals surface area contributed by atoms with Gasteiger partial charge < -0.3 is 14.4 Å². The molecule has 0 spiro atoms. The third-order valence-corrected chi connectivity index (χ3v) is 7.02. The molecule has 182 valence electrons. The summed E-state index contributed by atoms with van der Waals surface area (Å²) in [6, 6.07) is 8.35. The predicted octanol–water partition coefficient (Wildman–Crippen LogP) is 2.52. The van der Waals surface area contributed by atoms with Gasteiger partial charge in [-0.1, -0.05) is 11.3 Å². The summed E-state index contributed by atoms with van der Waals surface area (Å²) in [6.07, 6.45) is 5.17. The van der Waals surface area contributed by atoms with Gasteiger partial charge in [-0.25, -0.2) is 4.99 Å². The first-order valence-corrected chi connectivity index (χ1v) is 12.2. The zero-order valence-corrected chi connectivity index (χ0v) is 21.3. The standard InChI is InChI=1S/C26H28N4O4S/c1-6-29(7-2)25(32)22-16(3)28-26-30(23(22)19-15-18(33-4)8-9-20(19)34-5)24(31)21(35-26)14-17-10-12-27-13-11-17/h8-15,23H,6-7H2,1-5H3/b21-14+/t23-/m0/s1. The van der Waals surface area contributed by atoms with Crippen molar-refractivity contribution in [2.24, 2.45) is 4.99 Å². The molecule has 0 saturated heterocycles. The molecule has 0 N–H and O–H groups in total. The molecule has 4 rings (SSSR count). The zero-order valence-electron chi connectivity index (χ0n) is 20.4. The third kappa shape index (κ3) is 4.51. The third-order valence-electron chi connectivity index (χ3n) is 6.04. The number of carbonyl (C=O) groups excluding carboxylic acids is 1. The largest absolute Gasteiger partial charge is 0.497 e. The van der Waals surface area contributed by atoms with Crippen LogP contribution in [-0.4, -0.2) is 47.7 Å². The Labute approximate surface area is 207 Å². The van der Waals surface area contributed by atoms with E-state index in [1.807, 2.05) is 45.0 Å². The Morgan fingerprint density at radius 3 is 2.49 bits per heavy atom. The number of amides is 1. The van der Waals surface area contributed by atoms with Gasteiger partial charge in [0.05, 0.1) is 30.0 Å². The molecule has 3 heterocycles. The van der Waals surface area contributed by atoms with Crippen LogP contribution in [0.1, 0.15) is 37.9 Å². The van der Waals surface area contributed by atoms with Crippen molar-refractivity contribution in [1.82, 2.24) is 14.5 Å². The number of rotatable bonds is 7. The molecule has 1 atom stereocenters. The highest BCUT2D eigenvalue weighted by atomic mass is 32.1. The average Bonchev–Trinajstić information content (AvgIpc) is 3.18. The van der Waals surface area contributed by atoms with Crippen molar-refractivity contribution in [3.63, 3.8) is 0 Å². The SMILES string of the molecule is CCN(CC)C(=O)C1=C(C)N=c2s/c(=C/c3ccncc3)c(=O)n2[C@H]1c1cc(OC)ccc1OC. The van der Waals surface area contributed by atoms with E-state index in [-0.39, 0.29) is 11.5 Å². The summed E-state index contributed by atoms with van der Waals surface area (Å²) in [4.78, 5) is 38.5. The molecule has 1 aliphatic rings. The van der Waals surface area contributed by atoms with E-state index in [1.54, 1.807) is 48.2 Å². The lowest BCUT2D eigenvalue weighted by atomic mass is 9.93. The second-order valence-corrected chi connectivity index (χ2v) is 8.96. The Bertz CT molecular complexity index is 1450. The molecule has 1 aliphatic heterocycles. The van der Waals surface area contributed by atoms with E-state index in [2.05, 4.69) is 4.98 Å². The summed E-state index contributed by atoms with van der Waals surface area (Å²) < 4.78 is 13.3. The van der Waals surface area contributed by atoms with Gasteiger partial charge in [-0.2, -0.15) is 0 Å². The second-order valence-electron chi connectivity index (χ2n) is 7.95. The van der Waals surface area contributed by atoms with E-state index in [1.165, 1.54) is 11.3 Å². The number of ether oxygens (including phenoxy) is 2. The topological polar surface area (TPSA) is 86.0 Å². The highest BCUT2D eigenvalue weighted by molar-refractivity contribution is 7.07. The highest BCUT2D eigenvalue weighted by Gasteiger charge is 2.36. The maximum atomic E-state index is 13.8. The van der Waals surface area contributed by atoms with Crippen LogP contribution in [0.4, 0.5) is 0 Å². The van der Waals surface area contributed by atoms with Crippen LogP contribution >= 0.6 is 11.3 Å². The van der Waals surface area contributed by atoms with E-state index < -0.39 is 6.04 Å². The van der Waals surface area contributed by atoms with Crippen LogP contribution in [0.25, 0.3) is 6.08 Å². The van der Waals surface area contributed by atoms with Crippen LogP contribution in [0.3, 0.4) is 0 Å². The number of hydrogen-bond donors (Lipinski definition) is 0. The van der Waals surface area contributed by atoms with Crippen molar-refractivity contribution in [2.45, 2.75) is 26.8 Å². The molecule has 1 amide bonds. The van der Waals surface area contributed by atoms with Crippen LogP contribution in [0.15, 0.2) is 63.8 Å². The highest BCUT2D eigenvalue weighted by Crippen LogP contribution is 2.38. The number of benzene rings is 1. The Hall–Kier alpha value is -3.72. The summed E-state index contributed by atoms with van der Waals surface area (Å²) in [6.45, 7) is 6.77. The van der Waals surface area contributed by atoms with Crippen LogP contribution in [0, 0.1) is 0 Å². The molecule has 3 aromatic rings. The first kappa shape index (κ1) is 24.4. The molecule has 0 bridgehead atoms. The van der Waals surface area contributed by atoms with Gasteiger partial charge in [0.2, 0.25) is 0 Å². The molecular formula is C26H28N4O4S. The van der Waals surface area contributed by atoms with E-state index in [4.69, 9.17) is 14.5 Å². The van der Waals surface area contributed by atoms with Crippen molar-refractivity contribution >= 4 is 23.3 Å². The van der Waals surface area contributed by atoms with Crippen molar-refractivity contribution in [3.05, 3.63) is 84.8 Å². The summed E-state index contributed by atoms with van der Waals surface area (Å²) in [7, 11) is 3.15. The maximum Gasteiger partial charge on any atom is 0.271 e. The number of allylic oxidation sites excluding steroid dienone is 1. The number of aromatic nitrogens is 2. The minimum atomic E-state index is -0.719. The lowest BCUT2D eigenvalue weighted by molar-refractivity contribution is -0.127. The first-order chi connectivity index (χ1) is 16.9. The van der Waals surface area contributed by atoms with Gasteiger partial charge in [0.15, 0.2) is 4.80 Å². The van der Waals surface area contributed by atoms with Crippen molar-refractivity contribution < 1.29 is 14.3 Å². The number of fused-ring (bicyclic) bond motifs is 1. The molecule has 0 saturated carbocycles. The second kappa shape index (κ2) is 10.3. The molecular weight excluding hydrogens is 464 g/mol. The van der Waals surface area contributed by atoms with E-state index in [0.717, 1.165) is 5.56 Å². The number of pyridine rings is 1. The van der Waals surface area contributed by atoms with E-state index in [9.17, 15) is 9.59 Å². The number of nitrogens with zero attached hydrogens (tertiary/aromatic N) is 4. The van der Waals surface area contributed by atoms with Gasteiger partial charge in [0, 0.05) is 31.0 Å². The molecule has 8 nitrogen and oxygen atoms in total. The molecule has 9 heteroatoms. The van der Waals surface area contributed by atoms with Crippen LogP contribution in [0.2, 0.25) is 0 Å². The number of carbonyl (C=O) groups is 1. The Morgan fingerprint density at radius 1 is 1.14 bits per heavy atom. The molecule has 1 aromatic carbocycles. The van der Waals surface area contributed by atoms with Gasteiger partial charge in [0.25, 0.3) is 11.5 Å². The molecule has 0 fully saturated rings. The minimum Gasteiger partial charge on any atom is -0.497 e. The number of thiazole rings is 1. The minimum absolute atomic E-state index is 0.158. The fraction of sp³-hybridized carbons (Fsp3) is 0.308. The van der Waals surface area contributed by atoms with Gasteiger partial charge in [-0.15, -0.1) is 0 Å². The Morgan fingerprint density at radius 2 is 1.86 bits per heavy atom. The van der Waals surface area contributed by atoms with E-state index in [0.29, 0.717) is 50.8 Å². The van der Waals surface area contributed by atoms with E-state index >= 15 is 0 Å². The monoisotopic (exact) mass is 492 g/mol.